The number of aryl methyl sites for hydroxylation is 2. The summed E-state index contributed by atoms with van der Waals surface area (Å²) < 4.78 is 13.0. The number of halogens is 1. The highest BCUT2D eigenvalue weighted by Crippen LogP contribution is 2.22. The van der Waals surface area contributed by atoms with E-state index in [0.29, 0.717) is 0 Å². The molecule has 132 valence electrons. The third kappa shape index (κ3) is 4.67. The van der Waals surface area contributed by atoms with E-state index < -0.39 is 0 Å². The minimum absolute atomic E-state index is 0.00545. The summed E-state index contributed by atoms with van der Waals surface area (Å²) in [5.74, 6) is -0.125. The smallest absolute Gasteiger partial charge is 0.228 e. The van der Waals surface area contributed by atoms with Gasteiger partial charge in [0.2, 0.25) is 5.91 Å². The van der Waals surface area contributed by atoms with Gasteiger partial charge < -0.3 is 5.32 Å². The van der Waals surface area contributed by atoms with Crippen molar-refractivity contribution in [3.8, 4) is 0 Å². The van der Waals surface area contributed by atoms with Crippen LogP contribution in [0.3, 0.4) is 0 Å². The number of piperidine rings is 1. The number of carbonyl (C=O) groups excluding carboxylic acids is 1. The lowest BCUT2D eigenvalue weighted by molar-refractivity contribution is -0.121. The van der Waals surface area contributed by atoms with Crippen molar-refractivity contribution in [2.75, 3.05) is 18.4 Å². The topological polar surface area (TPSA) is 32.3 Å². The summed E-state index contributed by atoms with van der Waals surface area (Å²) in [6.07, 6.45) is 1.92. The molecule has 1 atom stereocenters. The molecule has 1 fully saturated rings. The molecule has 2 aromatic carbocycles. The van der Waals surface area contributed by atoms with Gasteiger partial charge in [0.25, 0.3) is 0 Å². The number of carbonyl (C=O) groups is 1. The molecule has 1 unspecified atom stereocenters. The Balaban J connectivity index is 1.61. The predicted octanol–water partition coefficient (Wildman–Crippen LogP) is 4.29. The van der Waals surface area contributed by atoms with Crippen LogP contribution in [0.5, 0.6) is 0 Å². The zero-order valence-corrected chi connectivity index (χ0v) is 14.9. The lowest BCUT2D eigenvalue weighted by atomic mass is 9.96. The standard InChI is InChI=1S/C21H25FN2O/c1-15-5-6-16(2)20(12-15)23-21(25)18-4-3-11-24(14-18)13-17-7-9-19(22)10-8-17/h5-10,12,18H,3-4,11,13-14H2,1-2H3,(H,23,25). The molecule has 1 saturated heterocycles. The van der Waals surface area contributed by atoms with Crippen molar-refractivity contribution in [3.05, 3.63) is 65.0 Å². The molecule has 0 aromatic heterocycles. The third-order valence-corrected chi connectivity index (χ3v) is 4.85. The molecule has 3 nitrogen and oxygen atoms in total. The average molecular weight is 340 g/mol. The van der Waals surface area contributed by atoms with Gasteiger partial charge in [-0.15, -0.1) is 0 Å². The lowest BCUT2D eigenvalue weighted by Crippen LogP contribution is -2.40. The van der Waals surface area contributed by atoms with E-state index in [0.717, 1.165) is 54.9 Å². The molecule has 1 heterocycles. The molecule has 0 saturated carbocycles. The Hall–Kier alpha value is -2.20. The van der Waals surface area contributed by atoms with Crippen LogP contribution in [-0.4, -0.2) is 23.9 Å². The highest BCUT2D eigenvalue weighted by atomic mass is 19.1. The normalized spacial score (nSPS) is 18.1. The fourth-order valence-electron chi connectivity index (χ4n) is 3.37. The number of hydrogen-bond acceptors (Lipinski definition) is 2. The van der Waals surface area contributed by atoms with Gasteiger partial charge in [0.1, 0.15) is 5.82 Å². The molecular weight excluding hydrogens is 315 g/mol. The van der Waals surface area contributed by atoms with E-state index in [-0.39, 0.29) is 17.6 Å². The Morgan fingerprint density at radius 2 is 1.96 bits per heavy atom. The van der Waals surface area contributed by atoms with Crippen LogP contribution in [0.4, 0.5) is 10.1 Å². The maximum atomic E-state index is 13.0. The van der Waals surface area contributed by atoms with Crippen LogP contribution in [0.25, 0.3) is 0 Å². The van der Waals surface area contributed by atoms with E-state index in [1.54, 1.807) is 0 Å². The molecule has 1 aliphatic heterocycles. The predicted molar refractivity (Wildman–Crippen MR) is 98.9 cm³/mol. The van der Waals surface area contributed by atoms with Gasteiger partial charge in [-0.3, -0.25) is 9.69 Å². The first-order valence-corrected chi connectivity index (χ1v) is 8.86. The van der Waals surface area contributed by atoms with E-state index in [1.165, 1.54) is 12.1 Å². The summed E-state index contributed by atoms with van der Waals surface area (Å²) in [5.41, 5.74) is 4.21. The number of amides is 1. The minimum atomic E-state index is -0.215. The number of anilines is 1. The highest BCUT2D eigenvalue weighted by molar-refractivity contribution is 5.93. The summed E-state index contributed by atoms with van der Waals surface area (Å²) in [4.78, 5) is 15.0. The van der Waals surface area contributed by atoms with Crippen LogP contribution < -0.4 is 5.32 Å². The monoisotopic (exact) mass is 340 g/mol. The third-order valence-electron chi connectivity index (χ3n) is 4.85. The fourth-order valence-corrected chi connectivity index (χ4v) is 3.37. The van der Waals surface area contributed by atoms with Crippen molar-refractivity contribution in [1.82, 2.24) is 4.90 Å². The van der Waals surface area contributed by atoms with Gasteiger partial charge >= 0.3 is 0 Å². The maximum absolute atomic E-state index is 13.0. The second-order valence-corrected chi connectivity index (χ2v) is 7.01. The minimum Gasteiger partial charge on any atom is -0.326 e. The first-order chi connectivity index (χ1) is 12.0. The Kier molecular flexibility index (Phi) is 5.49. The van der Waals surface area contributed by atoms with Crippen LogP contribution in [-0.2, 0) is 11.3 Å². The van der Waals surface area contributed by atoms with E-state index in [9.17, 15) is 9.18 Å². The second-order valence-electron chi connectivity index (χ2n) is 7.01. The zero-order chi connectivity index (χ0) is 17.8. The van der Waals surface area contributed by atoms with Gasteiger partial charge in [0.15, 0.2) is 0 Å². The van der Waals surface area contributed by atoms with Gasteiger partial charge in [-0.2, -0.15) is 0 Å². The summed E-state index contributed by atoms with van der Waals surface area (Å²) >= 11 is 0. The SMILES string of the molecule is Cc1ccc(C)c(NC(=O)C2CCCN(Cc3ccc(F)cc3)C2)c1. The Morgan fingerprint density at radius 1 is 1.20 bits per heavy atom. The quantitative estimate of drug-likeness (QED) is 0.900. The molecule has 0 bridgehead atoms. The van der Waals surface area contributed by atoms with Gasteiger partial charge in [-0.05, 0) is 68.1 Å². The number of rotatable bonds is 4. The number of nitrogens with one attached hydrogen (secondary N) is 1. The van der Waals surface area contributed by atoms with E-state index in [2.05, 4.69) is 16.3 Å². The van der Waals surface area contributed by atoms with E-state index >= 15 is 0 Å². The lowest BCUT2D eigenvalue weighted by Gasteiger charge is -2.32. The van der Waals surface area contributed by atoms with Crippen molar-refractivity contribution < 1.29 is 9.18 Å². The highest BCUT2D eigenvalue weighted by Gasteiger charge is 2.26. The number of nitrogens with zero attached hydrogens (tertiary/aromatic N) is 1. The van der Waals surface area contributed by atoms with Gasteiger partial charge in [-0.1, -0.05) is 24.3 Å². The summed E-state index contributed by atoms with van der Waals surface area (Å²) in [7, 11) is 0. The van der Waals surface area contributed by atoms with Crippen LogP contribution in [0.2, 0.25) is 0 Å². The Morgan fingerprint density at radius 3 is 2.72 bits per heavy atom. The average Bonchev–Trinajstić information content (AvgIpc) is 2.60. The summed E-state index contributed by atoms with van der Waals surface area (Å²) in [5, 5.41) is 3.10. The van der Waals surface area contributed by atoms with Crippen molar-refractivity contribution in [3.63, 3.8) is 0 Å². The first kappa shape index (κ1) is 17.6. The largest absolute Gasteiger partial charge is 0.326 e. The molecule has 0 radical (unpaired) electrons. The van der Waals surface area contributed by atoms with Crippen LogP contribution in [0, 0.1) is 25.6 Å². The Labute approximate surface area is 148 Å². The van der Waals surface area contributed by atoms with Crippen LogP contribution in [0.1, 0.15) is 29.5 Å². The number of benzene rings is 2. The number of hydrogen-bond donors (Lipinski definition) is 1. The molecule has 1 N–H and O–H groups in total. The van der Waals surface area contributed by atoms with Gasteiger partial charge in [0, 0.05) is 18.8 Å². The van der Waals surface area contributed by atoms with E-state index in [1.807, 2.05) is 38.1 Å². The van der Waals surface area contributed by atoms with Crippen LogP contribution in [0.15, 0.2) is 42.5 Å². The zero-order valence-electron chi connectivity index (χ0n) is 14.9. The van der Waals surface area contributed by atoms with Crippen molar-refractivity contribution in [1.29, 1.82) is 0 Å². The molecule has 25 heavy (non-hydrogen) atoms. The van der Waals surface area contributed by atoms with Crippen molar-refractivity contribution in [2.45, 2.75) is 33.2 Å². The van der Waals surface area contributed by atoms with Crippen LogP contribution >= 0.6 is 0 Å². The van der Waals surface area contributed by atoms with Crippen molar-refractivity contribution >= 4 is 11.6 Å². The van der Waals surface area contributed by atoms with Gasteiger partial charge in [-0.25, -0.2) is 4.39 Å². The maximum Gasteiger partial charge on any atom is 0.228 e. The summed E-state index contributed by atoms with van der Waals surface area (Å²) in [6.45, 7) is 6.52. The van der Waals surface area contributed by atoms with Gasteiger partial charge in [0.05, 0.1) is 5.92 Å². The Bertz CT molecular complexity index is 742. The van der Waals surface area contributed by atoms with Crippen molar-refractivity contribution in [2.24, 2.45) is 5.92 Å². The molecule has 1 aliphatic rings. The first-order valence-electron chi connectivity index (χ1n) is 8.86. The molecule has 0 spiro atoms. The van der Waals surface area contributed by atoms with E-state index in [4.69, 9.17) is 0 Å². The fraction of sp³-hybridized carbons (Fsp3) is 0.381. The number of likely N-dealkylation sites (tertiary alicyclic amines) is 1. The molecule has 2 aromatic rings. The molecule has 4 heteroatoms. The second kappa shape index (κ2) is 7.79. The molecule has 1 amide bonds. The molecular formula is C21H25FN2O. The molecule has 0 aliphatic carbocycles. The molecule has 3 rings (SSSR count). The summed E-state index contributed by atoms with van der Waals surface area (Å²) in [6, 6.07) is 12.7.